The average molecular weight is 191 g/mol. The first kappa shape index (κ1) is 7.94. The molecule has 1 aromatic carbocycles. The van der Waals surface area contributed by atoms with Gasteiger partial charge < -0.3 is 10.3 Å². The minimum atomic E-state index is -0.237. The summed E-state index contributed by atoms with van der Waals surface area (Å²) in [6.07, 6.45) is 0.788. The van der Waals surface area contributed by atoms with Crippen molar-refractivity contribution in [3.05, 3.63) is 29.8 Å². The number of hydrogen-bond acceptors (Lipinski definition) is 2. The molecule has 1 aliphatic heterocycles. The fourth-order valence-electron chi connectivity index (χ4n) is 2.05. The Balaban J connectivity index is 2.28. The largest absolute Gasteiger partial charge is 0.326 e. The summed E-state index contributed by atoms with van der Waals surface area (Å²) in [5.74, 6) is 0.733. The Morgan fingerprint density at radius 3 is 3.21 bits per heavy atom. The van der Waals surface area contributed by atoms with Crippen LogP contribution >= 0.6 is 0 Å². The van der Waals surface area contributed by atoms with E-state index in [-0.39, 0.29) is 11.9 Å². The van der Waals surface area contributed by atoms with E-state index < -0.39 is 0 Å². The fraction of sp³-hybridized carbons (Fsp3) is 0.300. The van der Waals surface area contributed by atoms with Crippen LogP contribution in [0.25, 0.3) is 11.0 Å². The summed E-state index contributed by atoms with van der Waals surface area (Å²) in [7, 11) is 0. The molecule has 0 aliphatic carbocycles. The van der Waals surface area contributed by atoms with E-state index in [0.29, 0.717) is 0 Å². The van der Waals surface area contributed by atoms with Gasteiger partial charge in [0.2, 0.25) is 0 Å². The van der Waals surface area contributed by atoms with Gasteiger partial charge in [0.15, 0.2) is 0 Å². The molecular formula is C10H10FN3. The van der Waals surface area contributed by atoms with Crippen molar-refractivity contribution in [2.24, 2.45) is 5.73 Å². The molecule has 3 rings (SSSR count). The second-order valence-electron chi connectivity index (χ2n) is 3.74. The van der Waals surface area contributed by atoms with Crippen molar-refractivity contribution < 1.29 is 4.39 Å². The zero-order valence-corrected chi connectivity index (χ0v) is 7.57. The molecule has 0 amide bonds. The maximum absolute atomic E-state index is 12.9. The number of rotatable bonds is 0. The van der Waals surface area contributed by atoms with E-state index in [1.165, 1.54) is 12.1 Å². The number of hydrogen-bond donors (Lipinski definition) is 1. The van der Waals surface area contributed by atoms with Crippen LogP contribution in [0.15, 0.2) is 18.2 Å². The van der Waals surface area contributed by atoms with E-state index in [1.54, 1.807) is 6.07 Å². The molecule has 0 saturated heterocycles. The molecular weight excluding hydrogens is 181 g/mol. The lowest BCUT2D eigenvalue weighted by molar-refractivity contribution is 0.628. The van der Waals surface area contributed by atoms with E-state index in [0.717, 1.165) is 29.8 Å². The molecule has 0 radical (unpaired) electrons. The Bertz CT molecular complexity index is 503. The molecule has 2 N–H and O–H groups in total. The zero-order valence-electron chi connectivity index (χ0n) is 7.57. The first-order chi connectivity index (χ1) is 6.74. The summed E-state index contributed by atoms with van der Waals surface area (Å²) in [5.41, 5.74) is 7.52. The van der Waals surface area contributed by atoms with Gasteiger partial charge in [0.1, 0.15) is 11.6 Å². The van der Waals surface area contributed by atoms with Gasteiger partial charge in [-0.1, -0.05) is 0 Å². The first-order valence-electron chi connectivity index (χ1n) is 4.64. The molecule has 1 unspecified atom stereocenters. The number of imidazole rings is 1. The Kier molecular flexibility index (Phi) is 1.44. The number of aromatic nitrogens is 2. The van der Waals surface area contributed by atoms with Crippen molar-refractivity contribution in [2.45, 2.75) is 19.0 Å². The lowest BCUT2D eigenvalue weighted by atomic mass is 10.2. The van der Waals surface area contributed by atoms with Gasteiger partial charge in [-0.3, -0.25) is 0 Å². The maximum atomic E-state index is 12.9. The van der Waals surface area contributed by atoms with Crippen LogP contribution < -0.4 is 5.73 Å². The summed E-state index contributed by atoms with van der Waals surface area (Å²) in [4.78, 5) is 4.35. The maximum Gasteiger partial charge on any atom is 0.125 e. The predicted molar refractivity (Wildman–Crippen MR) is 51.4 cm³/mol. The van der Waals surface area contributed by atoms with Gasteiger partial charge in [-0.15, -0.1) is 0 Å². The molecule has 0 saturated carbocycles. The summed E-state index contributed by atoms with van der Waals surface area (Å²) in [6, 6.07) is 4.85. The van der Waals surface area contributed by atoms with Gasteiger partial charge in [0, 0.05) is 25.1 Å². The molecule has 0 fully saturated rings. The van der Waals surface area contributed by atoms with E-state index in [2.05, 4.69) is 9.55 Å². The van der Waals surface area contributed by atoms with E-state index in [4.69, 9.17) is 5.73 Å². The van der Waals surface area contributed by atoms with Gasteiger partial charge in [0.05, 0.1) is 11.0 Å². The molecule has 1 aliphatic rings. The molecule has 0 spiro atoms. The second kappa shape index (κ2) is 2.54. The lowest BCUT2D eigenvalue weighted by Crippen LogP contribution is -2.20. The average Bonchev–Trinajstić information content (AvgIpc) is 2.59. The van der Waals surface area contributed by atoms with Gasteiger partial charge in [-0.05, 0) is 12.1 Å². The Hall–Kier alpha value is -1.42. The van der Waals surface area contributed by atoms with Gasteiger partial charge in [-0.2, -0.15) is 0 Å². The second-order valence-corrected chi connectivity index (χ2v) is 3.74. The molecule has 2 heterocycles. The molecule has 2 aromatic rings. The fourth-order valence-corrected chi connectivity index (χ4v) is 2.05. The monoisotopic (exact) mass is 191 g/mol. The quantitative estimate of drug-likeness (QED) is 0.676. The number of nitrogens with zero attached hydrogens (tertiary/aromatic N) is 2. The Morgan fingerprint density at radius 1 is 1.50 bits per heavy atom. The highest BCUT2D eigenvalue weighted by atomic mass is 19.1. The van der Waals surface area contributed by atoms with Crippen molar-refractivity contribution in [1.82, 2.24) is 9.55 Å². The Morgan fingerprint density at radius 2 is 2.36 bits per heavy atom. The normalized spacial score (nSPS) is 20.3. The van der Waals surface area contributed by atoms with Crippen LogP contribution in [0.5, 0.6) is 0 Å². The molecule has 72 valence electrons. The van der Waals surface area contributed by atoms with Crippen LogP contribution in [-0.4, -0.2) is 15.6 Å². The summed E-state index contributed by atoms with van der Waals surface area (Å²) in [5, 5.41) is 0. The van der Waals surface area contributed by atoms with Crippen molar-refractivity contribution in [3.8, 4) is 0 Å². The summed E-state index contributed by atoms with van der Waals surface area (Å²) >= 11 is 0. The lowest BCUT2D eigenvalue weighted by Gasteiger charge is -2.00. The van der Waals surface area contributed by atoms with E-state index in [1.807, 2.05) is 0 Å². The third-order valence-electron chi connectivity index (χ3n) is 2.65. The van der Waals surface area contributed by atoms with Crippen molar-refractivity contribution in [2.75, 3.05) is 0 Å². The van der Waals surface area contributed by atoms with Crippen LogP contribution in [0, 0.1) is 5.82 Å². The number of nitrogens with two attached hydrogens (primary N) is 1. The summed E-state index contributed by atoms with van der Waals surface area (Å²) < 4.78 is 15.0. The first-order valence-corrected chi connectivity index (χ1v) is 4.64. The molecule has 0 bridgehead atoms. The van der Waals surface area contributed by atoms with Crippen LogP contribution in [0.1, 0.15) is 5.82 Å². The van der Waals surface area contributed by atoms with Crippen molar-refractivity contribution in [3.63, 3.8) is 0 Å². The Labute approximate surface area is 80.3 Å². The standard InChI is InChI=1S/C10H10FN3/c11-6-1-2-9-8(3-6)13-10-4-7(12)5-14(9)10/h1-3,7H,4-5,12H2. The third-order valence-corrected chi connectivity index (χ3v) is 2.65. The number of halogens is 1. The molecule has 4 heteroatoms. The predicted octanol–water partition coefficient (Wildman–Crippen LogP) is 1.06. The smallest absolute Gasteiger partial charge is 0.125 e. The SMILES string of the molecule is NC1Cc2nc3cc(F)ccc3n2C1. The van der Waals surface area contributed by atoms with Crippen LogP contribution in [-0.2, 0) is 13.0 Å². The molecule has 3 nitrogen and oxygen atoms in total. The van der Waals surface area contributed by atoms with Gasteiger partial charge in [0.25, 0.3) is 0 Å². The number of fused-ring (bicyclic) bond motifs is 3. The van der Waals surface area contributed by atoms with E-state index >= 15 is 0 Å². The minimum absolute atomic E-state index is 0.159. The summed E-state index contributed by atoms with van der Waals surface area (Å²) in [6.45, 7) is 0.789. The highest BCUT2D eigenvalue weighted by Crippen LogP contribution is 2.22. The molecule has 1 atom stereocenters. The van der Waals surface area contributed by atoms with E-state index in [9.17, 15) is 4.39 Å². The van der Waals surface area contributed by atoms with Gasteiger partial charge >= 0.3 is 0 Å². The van der Waals surface area contributed by atoms with Crippen molar-refractivity contribution >= 4 is 11.0 Å². The van der Waals surface area contributed by atoms with Crippen molar-refractivity contribution in [1.29, 1.82) is 0 Å². The minimum Gasteiger partial charge on any atom is -0.326 e. The topological polar surface area (TPSA) is 43.8 Å². The highest BCUT2D eigenvalue weighted by molar-refractivity contribution is 5.76. The van der Waals surface area contributed by atoms with Crippen LogP contribution in [0.4, 0.5) is 4.39 Å². The molecule has 1 aromatic heterocycles. The highest BCUT2D eigenvalue weighted by Gasteiger charge is 2.21. The number of benzene rings is 1. The van der Waals surface area contributed by atoms with Crippen LogP contribution in [0.3, 0.4) is 0 Å². The van der Waals surface area contributed by atoms with Gasteiger partial charge in [-0.25, -0.2) is 9.37 Å². The molecule has 14 heavy (non-hydrogen) atoms. The third kappa shape index (κ3) is 0.974. The zero-order chi connectivity index (χ0) is 9.71. The van der Waals surface area contributed by atoms with Crippen LogP contribution in [0.2, 0.25) is 0 Å².